The van der Waals surface area contributed by atoms with Crippen molar-refractivity contribution in [3.63, 3.8) is 0 Å². The molecule has 0 aromatic carbocycles. The molecule has 44 heavy (non-hydrogen) atoms. The summed E-state index contributed by atoms with van der Waals surface area (Å²) in [7, 11) is 0. The van der Waals surface area contributed by atoms with Crippen molar-refractivity contribution in [2.75, 3.05) is 13.2 Å². The fourth-order valence-corrected chi connectivity index (χ4v) is 5.09. The monoisotopic (exact) mass is 619 g/mol. The minimum atomic E-state index is -0.779. The Bertz CT molecular complexity index is 711. The molecule has 0 heterocycles. The number of hydrogen-bond donors (Lipinski definition) is 1. The van der Waals surface area contributed by atoms with Crippen molar-refractivity contribution in [2.45, 2.75) is 187 Å². The second kappa shape index (κ2) is 35.6. The SMILES string of the molecule is CCCCCC=CCC=CCC=CCCCCCCC(=O)O[C@@H](CO)COC(=O)CCCCCCCCCCCCCCC. The number of carbonyl (C=O) groups is 2. The van der Waals surface area contributed by atoms with E-state index >= 15 is 0 Å². The lowest BCUT2D eigenvalue weighted by Gasteiger charge is -2.15. The molecule has 0 aliphatic carbocycles. The quantitative estimate of drug-likeness (QED) is 0.0450. The van der Waals surface area contributed by atoms with E-state index in [1.807, 2.05) is 0 Å². The van der Waals surface area contributed by atoms with E-state index in [1.54, 1.807) is 0 Å². The fraction of sp³-hybridized carbons (Fsp3) is 0.795. The van der Waals surface area contributed by atoms with Gasteiger partial charge < -0.3 is 14.6 Å². The molecular weight excluding hydrogens is 548 g/mol. The van der Waals surface area contributed by atoms with Crippen LogP contribution in [0.15, 0.2) is 36.5 Å². The molecule has 0 spiro atoms. The summed E-state index contributed by atoms with van der Waals surface area (Å²) in [5.74, 6) is -0.614. The number of hydrogen-bond acceptors (Lipinski definition) is 5. The third-order valence-electron chi connectivity index (χ3n) is 7.94. The zero-order valence-corrected chi connectivity index (χ0v) is 28.9. The van der Waals surface area contributed by atoms with Gasteiger partial charge >= 0.3 is 11.9 Å². The summed E-state index contributed by atoms with van der Waals surface area (Å²) in [4.78, 5) is 24.2. The van der Waals surface area contributed by atoms with Gasteiger partial charge in [0, 0.05) is 12.8 Å². The van der Waals surface area contributed by atoms with E-state index in [0.717, 1.165) is 64.2 Å². The number of esters is 2. The smallest absolute Gasteiger partial charge is 0.306 e. The second-order valence-corrected chi connectivity index (χ2v) is 12.3. The summed E-state index contributed by atoms with van der Waals surface area (Å²) in [6.07, 6.45) is 41.9. The van der Waals surface area contributed by atoms with Crippen LogP contribution in [-0.4, -0.2) is 36.4 Å². The van der Waals surface area contributed by atoms with E-state index in [1.165, 1.54) is 89.9 Å². The summed E-state index contributed by atoms with van der Waals surface area (Å²) < 4.78 is 10.6. The van der Waals surface area contributed by atoms with E-state index < -0.39 is 6.10 Å². The Balaban J connectivity index is 3.61. The van der Waals surface area contributed by atoms with Crippen LogP contribution in [0.4, 0.5) is 0 Å². The minimum absolute atomic E-state index is 0.0726. The summed E-state index contributed by atoms with van der Waals surface area (Å²) in [6, 6.07) is 0. The van der Waals surface area contributed by atoms with E-state index in [0.29, 0.717) is 12.8 Å². The molecule has 0 radical (unpaired) electrons. The maximum Gasteiger partial charge on any atom is 0.306 e. The van der Waals surface area contributed by atoms with Gasteiger partial charge in [0.1, 0.15) is 6.61 Å². The van der Waals surface area contributed by atoms with Gasteiger partial charge in [0.15, 0.2) is 6.10 Å². The van der Waals surface area contributed by atoms with E-state index in [4.69, 9.17) is 9.47 Å². The van der Waals surface area contributed by atoms with Crippen LogP contribution in [0.25, 0.3) is 0 Å². The molecule has 0 aliphatic heterocycles. The van der Waals surface area contributed by atoms with Crippen LogP contribution in [0.5, 0.6) is 0 Å². The predicted molar refractivity (Wildman–Crippen MR) is 187 cm³/mol. The van der Waals surface area contributed by atoms with Gasteiger partial charge in [0.25, 0.3) is 0 Å². The van der Waals surface area contributed by atoms with E-state index in [-0.39, 0.29) is 25.2 Å². The van der Waals surface area contributed by atoms with Gasteiger partial charge in [0.2, 0.25) is 0 Å². The summed E-state index contributed by atoms with van der Waals surface area (Å²) in [6.45, 7) is 4.08. The number of rotatable bonds is 33. The van der Waals surface area contributed by atoms with Crippen molar-refractivity contribution >= 4 is 11.9 Å². The molecule has 0 aromatic heterocycles. The number of aliphatic hydroxyl groups is 1. The lowest BCUT2D eigenvalue weighted by Crippen LogP contribution is -2.28. The molecule has 0 bridgehead atoms. The van der Waals surface area contributed by atoms with Gasteiger partial charge in [-0.15, -0.1) is 0 Å². The molecule has 0 saturated heterocycles. The number of allylic oxidation sites excluding steroid dienone is 6. The molecule has 0 rings (SSSR count). The minimum Gasteiger partial charge on any atom is -0.462 e. The number of aliphatic hydroxyl groups excluding tert-OH is 1. The highest BCUT2D eigenvalue weighted by atomic mass is 16.6. The Labute approximate surface area is 272 Å². The lowest BCUT2D eigenvalue weighted by molar-refractivity contribution is -0.161. The van der Waals surface area contributed by atoms with Gasteiger partial charge in [-0.05, 0) is 51.4 Å². The summed E-state index contributed by atoms with van der Waals surface area (Å²) >= 11 is 0. The Morgan fingerprint density at radius 2 is 0.909 bits per heavy atom. The fourth-order valence-electron chi connectivity index (χ4n) is 5.09. The highest BCUT2D eigenvalue weighted by Gasteiger charge is 2.16. The summed E-state index contributed by atoms with van der Waals surface area (Å²) in [5.41, 5.74) is 0. The lowest BCUT2D eigenvalue weighted by atomic mass is 10.0. The maximum atomic E-state index is 12.1. The van der Waals surface area contributed by atoms with Crippen LogP contribution in [0.1, 0.15) is 181 Å². The highest BCUT2D eigenvalue weighted by molar-refractivity contribution is 5.70. The molecule has 0 saturated carbocycles. The van der Waals surface area contributed by atoms with Gasteiger partial charge in [-0.25, -0.2) is 0 Å². The molecule has 0 aliphatic rings. The van der Waals surface area contributed by atoms with Crippen LogP contribution in [0, 0.1) is 0 Å². The van der Waals surface area contributed by atoms with Crippen LogP contribution in [-0.2, 0) is 19.1 Å². The molecular formula is C39H70O5. The average molecular weight is 619 g/mol. The average Bonchev–Trinajstić information content (AvgIpc) is 3.02. The molecule has 0 aromatic rings. The largest absolute Gasteiger partial charge is 0.462 e. The summed E-state index contributed by atoms with van der Waals surface area (Å²) in [5, 5.41) is 9.52. The van der Waals surface area contributed by atoms with Gasteiger partial charge in [-0.2, -0.15) is 0 Å². The maximum absolute atomic E-state index is 12.1. The molecule has 5 nitrogen and oxygen atoms in total. The first kappa shape index (κ1) is 42.1. The molecule has 0 amide bonds. The Kier molecular flexibility index (Phi) is 34.1. The number of ether oxygens (including phenoxy) is 2. The topological polar surface area (TPSA) is 72.8 Å². The van der Waals surface area contributed by atoms with Gasteiger partial charge in [-0.1, -0.05) is 153 Å². The first-order valence-electron chi connectivity index (χ1n) is 18.5. The van der Waals surface area contributed by atoms with Crippen molar-refractivity contribution in [3.05, 3.63) is 36.5 Å². The first-order chi connectivity index (χ1) is 21.6. The zero-order valence-electron chi connectivity index (χ0n) is 28.9. The zero-order chi connectivity index (χ0) is 32.2. The Morgan fingerprint density at radius 3 is 1.41 bits per heavy atom. The van der Waals surface area contributed by atoms with Gasteiger partial charge in [-0.3, -0.25) is 9.59 Å². The normalized spacial score (nSPS) is 12.5. The van der Waals surface area contributed by atoms with Crippen molar-refractivity contribution in [3.8, 4) is 0 Å². The van der Waals surface area contributed by atoms with Crippen LogP contribution < -0.4 is 0 Å². The van der Waals surface area contributed by atoms with Crippen LogP contribution >= 0.6 is 0 Å². The molecule has 0 fully saturated rings. The third kappa shape index (κ3) is 33.0. The molecule has 1 N–H and O–H groups in total. The number of carbonyl (C=O) groups excluding carboxylic acids is 2. The second-order valence-electron chi connectivity index (χ2n) is 12.3. The molecule has 5 heteroatoms. The third-order valence-corrected chi connectivity index (χ3v) is 7.94. The standard InChI is InChI=1S/C39H70O5/c1-3-5-7-9-11-13-15-17-18-19-20-22-24-26-28-30-32-34-39(42)44-37(35-40)36-43-38(41)33-31-29-27-25-23-21-16-14-12-10-8-6-4-2/h11,13,17-18,20,22,37,40H,3-10,12,14-16,19,21,23-36H2,1-2H3/t37-/m0/s1. The first-order valence-corrected chi connectivity index (χ1v) is 18.5. The van der Waals surface area contributed by atoms with Crippen molar-refractivity contribution in [1.29, 1.82) is 0 Å². The Hall–Kier alpha value is -1.88. The van der Waals surface area contributed by atoms with Crippen LogP contribution in [0.2, 0.25) is 0 Å². The van der Waals surface area contributed by atoms with E-state index in [2.05, 4.69) is 50.3 Å². The molecule has 256 valence electrons. The molecule has 1 atom stereocenters. The van der Waals surface area contributed by atoms with Crippen molar-refractivity contribution in [2.24, 2.45) is 0 Å². The van der Waals surface area contributed by atoms with E-state index in [9.17, 15) is 14.7 Å². The number of unbranched alkanes of at least 4 members (excludes halogenated alkanes) is 19. The predicted octanol–water partition coefficient (Wildman–Crippen LogP) is 11.3. The van der Waals surface area contributed by atoms with Crippen molar-refractivity contribution < 1.29 is 24.2 Å². The van der Waals surface area contributed by atoms with Crippen molar-refractivity contribution in [1.82, 2.24) is 0 Å². The highest BCUT2D eigenvalue weighted by Crippen LogP contribution is 2.13. The van der Waals surface area contributed by atoms with Gasteiger partial charge in [0.05, 0.1) is 6.61 Å². The molecule has 0 unspecified atom stereocenters. The van der Waals surface area contributed by atoms with Crippen LogP contribution in [0.3, 0.4) is 0 Å². The Morgan fingerprint density at radius 1 is 0.523 bits per heavy atom.